The monoisotopic (exact) mass is 376 g/mol. The Labute approximate surface area is 153 Å². The molecule has 0 spiro atoms. The number of carbonyl (C=O) groups is 1. The Kier molecular flexibility index (Phi) is 6.54. The van der Waals surface area contributed by atoms with Crippen molar-refractivity contribution >= 4 is 11.6 Å². The van der Waals surface area contributed by atoms with Gasteiger partial charge in [-0.1, -0.05) is 24.8 Å². The van der Waals surface area contributed by atoms with Gasteiger partial charge in [0.2, 0.25) is 0 Å². The first-order valence-electron chi connectivity index (χ1n) is 7.81. The minimum atomic E-state index is -2.04. The topological polar surface area (TPSA) is 41.1 Å². The molecular formula is C20H16F4N2O. The highest BCUT2D eigenvalue weighted by molar-refractivity contribution is 5.95. The van der Waals surface area contributed by atoms with Crippen molar-refractivity contribution in [3.05, 3.63) is 101 Å². The second kappa shape index (κ2) is 8.84. The molecule has 0 radical (unpaired) electrons. The minimum Gasteiger partial charge on any atom is -0.356 e. The van der Waals surface area contributed by atoms with Crippen LogP contribution in [-0.4, -0.2) is 5.91 Å². The number of hydrogen-bond donors (Lipinski definition) is 2. The predicted molar refractivity (Wildman–Crippen MR) is 95.8 cm³/mol. The molecular weight excluding hydrogens is 360 g/mol. The Balaban J connectivity index is 2.14. The molecule has 0 aliphatic carbocycles. The number of benzene rings is 2. The molecule has 0 unspecified atom stereocenters. The maximum Gasteiger partial charge on any atom is 0.258 e. The predicted octanol–water partition coefficient (Wildman–Crippen LogP) is 5.06. The van der Waals surface area contributed by atoms with E-state index in [0.717, 1.165) is 5.69 Å². The van der Waals surface area contributed by atoms with E-state index >= 15 is 0 Å². The molecule has 0 fully saturated rings. The van der Waals surface area contributed by atoms with Gasteiger partial charge in [0, 0.05) is 17.1 Å². The number of anilines is 1. The van der Waals surface area contributed by atoms with E-state index in [1.54, 1.807) is 12.2 Å². The van der Waals surface area contributed by atoms with Gasteiger partial charge in [-0.15, -0.1) is 0 Å². The third kappa shape index (κ3) is 5.07. The lowest BCUT2D eigenvalue weighted by atomic mass is 10.1. The Hall–Kier alpha value is -3.35. The molecule has 2 N–H and O–H groups in total. The van der Waals surface area contributed by atoms with Crippen molar-refractivity contribution in [3.8, 4) is 0 Å². The summed E-state index contributed by atoms with van der Waals surface area (Å²) in [7, 11) is 0. The van der Waals surface area contributed by atoms with Gasteiger partial charge >= 0.3 is 0 Å². The van der Waals surface area contributed by atoms with Gasteiger partial charge in [0.05, 0.1) is 5.56 Å². The molecule has 2 aromatic carbocycles. The van der Waals surface area contributed by atoms with E-state index in [-0.39, 0.29) is 5.70 Å². The lowest BCUT2D eigenvalue weighted by Crippen LogP contribution is -2.23. The molecule has 2 rings (SSSR count). The molecule has 7 heteroatoms. The highest BCUT2D eigenvalue weighted by atomic mass is 19.2. The molecule has 0 atom stereocenters. The molecule has 1 amide bonds. The summed E-state index contributed by atoms with van der Waals surface area (Å²) in [6.07, 6.45) is 4.62. The van der Waals surface area contributed by atoms with E-state index in [9.17, 15) is 22.4 Å². The first-order valence-corrected chi connectivity index (χ1v) is 7.81. The van der Waals surface area contributed by atoms with Crippen LogP contribution in [0.1, 0.15) is 17.3 Å². The van der Waals surface area contributed by atoms with Crippen LogP contribution in [0.15, 0.2) is 72.6 Å². The van der Waals surface area contributed by atoms with Crippen LogP contribution in [-0.2, 0) is 0 Å². The van der Waals surface area contributed by atoms with Crippen molar-refractivity contribution < 1.29 is 22.4 Å². The number of rotatable bonds is 6. The van der Waals surface area contributed by atoms with Crippen molar-refractivity contribution in [2.45, 2.75) is 6.92 Å². The fraction of sp³-hybridized carbons (Fsp3) is 0.0500. The van der Waals surface area contributed by atoms with Crippen LogP contribution in [0.4, 0.5) is 23.2 Å². The molecule has 0 aliphatic heterocycles. The van der Waals surface area contributed by atoms with E-state index in [1.807, 2.05) is 30.3 Å². The smallest absolute Gasteiger partial charge is 0.258 e. The minimum absolute atomic E-state index is 0.263. The molecule has 0 bridgehead atoms. The number of allylic oxidation sites excluding steroid dienone is 4. The molecule has 0 saturated carbocycles. The summed E-state index contributed by atoms with van der Waals surface area (Å²) in [5, 5.41) is 5.36. The van der Waals surface area contributed by atoms with Gasteiger partial charge in [-0.25, -0.2) is 17.6 Å². The number of amides is 1. The fourth-order valence-electron chi connectivity index (χ4n) is 2.09. The van der Waals surface area contributed by atoms with Crippen molar-refractivity contribution in [2.24, 2.45) is 0 Å². The van der Waals surface area contributed by atoms with Crippen molar-refractivity contribution in [3.63, 3.8) is 0 Å². The maximum atomic E-state index is 13.7. The third-order valence-corrected chi connectivity index (χ3v) is 3.45. The Morgan fingerprint density at radius 3 is 2.30 bits per heavy atom. The van der Waals surface area contributed by atoms with Gasteiger partial charge in [-0.3, -0.25) is 4.79 Å². The first-order chi connectivity index (χ1) is 12.8. The van der Waals surface area contributed by atoms with Crippen molar-refractivity contribution in [2.75, 3.05) is 5.32 Å². The summed E-state index contributed by atoms with van der Waals surface area (Å²) in [5.74, 6) is -8.53. The van der Waals surface area contributed by atoms with E-state index in [4.69, 9.17) is 0 Å². The molecule has 0 aliphatic rings. The summed E-state index contributed by atoms with van der Waals surface area (Å²) >= 11 is 0. The zero-order chi connectivity index (χ0) is 20.0. The quantitative estimate of drug-likeness (QED) is 0.320. The number of para-hydroxylation sites is 1. The molecule has 2 aromatic rings. The molecule has 0 aromatic heterocycles. The van der Waals surface area contributed by atoms with Crippen LogP contribution in [0, 0.1) is 23.3 Å². The maximum absolute atomic E-state index is 13.7. The zero-order valence-corrected chi connectivity index (χ0v) is 14.3. The van der Waals surface area contributed by atoms with E-state index in [0.29, 0.717) is 11.8 Å². The lowest BCUT2D eigenvalue weighted by Gasteiger charge is -2.08. The van der Waals surface area contributed by atoms with Crippen LogP contribution < -0.4 is 10.6 Å². The van der Waals surface area contributed by atoms with Crippen LogP contribution in [0.2, 0.25) is 0 Å². The van der Waals surface area contributed by atoms with Crippen molar-refractivity contribution in [1.82, 2.24) is 5.32 Å². The standard InChI is InChI=1S/C20H16F4N2O/c1-3-13(26-14-7-5-4-6-8-14)10-9-12(2)25-20(27)15-11-16(21)18(23)19(24)17(15)22/h3-11,26H,1H2,2H3,(H,25,27)/b12-9+,13-10+. The SMILES string of the molecule is C=C/C(=C\C=C(/C)NC(=O)c1cc(F)c(F)c(F)c1F)Nc1ccccc1. The van der Waals surface area contributed by atoms with Crippen LogP contribution >= 0.6 is 0 Å². The van der Waals surface area contributed by atoms with Gasteiger partial charge in [-0.05, 0) is 43.4 Å². The highest BCUT2D eigenvalue weighted by Crippen LogP contribution is 2.19. The van der Waals surface area contributed by atoms with Gasteiger partial charge in [0.25, 0.3) is 5.91 Å². The van der Waals surface area contributed by atoms with Gasteiger partial charge in [-0.2, -0.15) is 0 Å². The molecule has 140 valence electrons. The van der Waals surface area contributed by atoms with E-state index in [1.165, 1.54) is 13.0 Å². The van der Waals surface area contributed by atoms with E-state index < -0.39 is 34.7 Å². The van der Waals surface area contributed by atoms with Crippen LogP contribution in [0.25, 0.3) is 0 Å². The molecule has 0 heterocycles. The van der Waals surface area contributed by atoms with Gasteiger partial charge in [0.15, 0.2) is 23.3 Å². The summed E-state index contributed by atoms with van der Waals surface area (Å²) in [4.78, 5) is 12.0. The van der Waals surface area contributed by atoms with E-state index in [2.05, 4.69) is 17.2 Å². The zero-order valence-electron chi connectivity index (χ0n) is 14.3. The summed E-state index contributed by atoms with van der Waals surface area (Å²) in [5.41, 5.74) is 0.756. The molecule has 3 nitrogen and oxygen atoms in total. The van der Waals surface area contributed by atoms with Crippen LogP contribution in [0.3, 0.4) is 0 Å². The summed E-state index contributed by atoms with van der Waals surface area (Å²) in [6.45, 7) is 5.16. The number of nitrogens with one attached hydrogen (secondary N) is 2. The van der Waals surface area contributed by atoms with Crippen molar-refractivity contribution in [1.29, 1.82) is 0 Å². The average molecular weight is 376 g/mol. The summed E-state index contributed by atoms with van der Waals surface area (Å²) < 4.78 is 53.1. The first kappa shape index (κ1) is 20.0. The normalized spacial score (nSPS) is 11.9. The Morgan fingerprint density at radius 1 is 1.00 bits per heavy atom. The summed E-state index contributed by atoms with van der Waals surface area (Å²) in [6, 6.07) is 9.55. The van der Waals surface area contributed by atoms with Crippen LogP contribution in [0.5, 0.6) is 0 Å². The second-order valence-electron chi connectivity index (χ2n) is 5.47. The molecule has 27 heavy (non-hydrogen) atoms. The number of hydrogen-bond acceptors (Lipinski definition) is 2. The average Bonchev–Trinajstić information content (AvgIpc) is 2.66. The molecule has 0 saturated heterocycles. The number of halogens is 4. The lowest BCUT2D eigenvalue weighted by molar-refractivity contribution is 0.0960. The third-order valence-electron chi connectivity index (χ3n) is 3.45. The highest BCUT2D eigenvalue weighted by Gasteiger charge is 2.22. The second-order valence-corrected chi connectivity index (χ2v) is 5.47. The van der Waals surface area contributed by atoms with Gasteiger partial charge < -0.3 is 10.6 Å². The van der Waals surface area contributed by atoms with Gasteiger partial charge in [0.1, 0.15) is 0 Å². The largest absolute Gasteiger partial charge is 0.356 e. The Morgan fingerprint density at radius 2 is 1.67 bits per heavy atom. The number of carbonyl (C=O) groups excluding carboxylic acids is 1. The fourth-order valence-corrected chi connectivity index (χ4v) is 2.09. The Bertz CT molecular complexity index is 921.